The largest absolute Gasteiger partial charge is 0.299 e. The Hall–Kier alpha value is -5.04. The van der Waals surface area contributed by atoms with Gasteiger partial charge in [-0.15, -0.1) is 25.7 Å². The number of fused-ring (bicyclic) bond motifs is 4. The van der Waals surface area contributed by atoms with Crippen molar-refractivity contribution in [3.8, 4) is 49.4 Å². The highest BCUT2D eigenvalue weighted by Crippen LogP contribution is 2.32. The lowest BCUT2D eigenvalue weighted by Crippen LogP contribution is -2.19. The minimum Gasteiger partial charge on any atom is -0.299 e. The molecule has 8 rings (SSSR count). The summed E-state index contributed by atoms with van der Waals surface area (Å²) in [5, 5.41) is 13.4. The van der Waals surface area contributed by atoms with E-state index in [-0.39, 0.29) is 0 Å². The van der Waals surface area contributed by atoms with Crippen molar-refractivity contribution in [3.63, 3.8) is 0 Å². The summed E-state index contributed by atoms with van der Waals surface area (Å²) >= 11 is 0. The second kappa shape index (κ2) is 20.7. The van der Waals surface area contributed by atoms with E-state index >= 15 is 0 Å². The Morgan fingerprint density at radius 2 is 0.577 bits per heavy atom. The number of nitrogens with one attached hydrogen (secondary N) is 4. The quantitative estimate of drug-likeness (QED) is 0.145. The van der Waals surface area contributed by atoms with E-state index in [2.05, 4.69) is 142 Å². The molecule has 52 heavy (non-hydrogen) atoms. The minimum atomic E-state index is 0.479. The molecule has 0 unspecified atom stereocenters. The lowest BCUT2D eigenvalue weighted by Gasteiger charge is -2.10. The van der Waals surface area contributed by atoms with Crippen LogP contribution >= 0.6 is 0 Å². The van der Waals surface area contributed by atoms with Gasteiger partial charge in [0.15, 0.2) is 0 Å². The van der Waals surface area contributed by atoms with Gasteiger partial charge in [0, 0.05) is 24.2 Å². The van der Waals surface area contributed by atoms with Gasteiger partial charge in [-0.2, -0.15) is 0 Å². The first kappa shape index (κ1) is 38.2. The highest BCUT2D eigenvalue weighted by atomic mass is 14.9. The smallest absolute Gasteiger partial charge is 0.0578 e. The zero-order valence-electron chi connectivity index (χ0n) is 30.3. The van der Waals surface area contributed by atoms with Crippen molar-refractivity contribution in [1.82, 2.24) is 21.3 Å². The van der Waals surface area contributed by atoms with Gasteiger partial charge in [0.25, 0.3) is 0 Å². The Labute approximate surface area is 313 Å². The van der Waals surface area contributed by atoms with Crippen LogP contribution in [0, 0.1) is 49.4 Å². The van der Waals surface area contributed by atoms with Gasteiger partial charge in [0.2, 0.25) is 0 Å². The van der Waals surface area contributed by atoms with Crippen molar-refractivity contribution in [1.29, 1.82) is 0 Å². The van der Waals surface area contributed by atoms with Gasteiger partial charge in [-0.05, 0) is 95.9 Å². The monoisotopic (exact) mass is 684 g/mol. The van der Waals surface area contributed by atoms with Crippen molar-refractivity contribution in [3.05, 3.63) is 142 Å². The molecular formula is C48H52N4. The lowest BCUT2D eigenvalue weighted by atomic mass is 10.1. The van der Waals surface area contributed by atoms with Crippen LogP contribution < -0.4 is 21.3 Å². The van der Waals surface area contributed by atoms with E-state index in [4.69, 9.17) is 25.7 Å². The molecule has 0 saturated heterocycles. The molecule has 0 amide bonds. The van der Waals surface area contributed by atoms with E-state index in [1.54, 1.807) is 0 Å². The van der Waals surface area contributed by atoms with Crippen LogP contribution in [0.2, 0.25) is 0 Å². The van der Waals surface area contributed by atoms with Crippen LogP contribution in [0.15, 0.2) is 97.1 Å². The normalized spacial score (nSPS) is 19.5. The van der Waals surface area contributed by atoms with Crippen molar-refractivity contribution in [2.75, 3.05) is 26.2 Å². The molecule has 4 aromatic rings. The second-order valence-corrected chi connectivity index (χ2v) is 13.5. The van der Waals surface area contributed by atoms with E-state index in [0.717, 1.165) is 0 Å². The van der Waals surface area contributed by atoms with E-state index in [0.29, 0.717) is 50.3 Å². The second-order valence-electron chi connectivity index (χ2n) is 13.5. The predicted molar refractivity (Wildman–Crippen MR) is 217 cm³/mol. The Morgan fingerprint density at radius 3 is 0.788 bits per heavy atom. The standard InChI is InChI=1S/4C12H13N/c4*1-2-9-13-12-8-7-10-5-3-4-6-11(10)12/h4*1,3-6,12-13H,7-9H2/t4*12-/m1111/s1. The first-order chi connectivity index (χ1) is 25.7. The van der Waals surface area contributed by atoms with Crippen LogP contribution in [-0.2, 0) is 25.7 Å². The zero-order valence-corrected chi connectivity index (χ0v) is 30.3. The van der Waals surface area contributed by atoms with Crippen LogP contribution in [0.25, 0.3) is 0 Å². The van der Waals surface area contributed by atoms with E-state index < -0.39 is 0 Å². The van der Waals surface area contributed by atoms with Crippen LogP contribution in [0.4, 0.5) is 0 Å². The molecule has 0 fully saturated rings. The third-order valence-electron chi connectivity index (χ3n) is 10.3. The molecule has 0 heterocycles. The number of benzene rings is 4. The summed E-state index contributed by atoms with van der Waals surface area (Å²) in [6.45, 7) is 2.66. The maximum Gasteiger partial charge on any atom is 0.0578 e. The number of rotatable bonds is 8. The molecule has 4 nitrogen and oxygen atoms in total. The van der Waals surface area contributed by atoms with Crippen LogP contribution in [0.3, 0.4) is 0 Å². The summed E-state index contributed by atoms with van der Waals surface area (Å²) in [6, 6.07) is 36.3. The molecule has 0 spiro atoms. The van der Waals surface area contributed by atoms with Gasteiger partial charge < -0.3 is 0 Å². The van der Waals surface area contributed by atoms with Gasteiger partial charge in [-0.1, -0.05) is 121 Å². The van der Waals surface area contributed by atoms with E-state index in [1.165, 1.54) is 95.9 Å². The number of hydrogen-bond acceptors (Lipinski definition) is 4. The van der Waals surface area contributed by atoms with Gasteiger partial charge in [-0.25, -0.2) is 0 Å². The molecule has 4 atom stereocenters. The Bertz CT molecular complexity index is 1620. The zero-order chi connectivity index (χ0) is 36.4. The maximum atomic E-state index is 5.21. The summed E-state index contributed by atoms with van der Waals surface area (Å²) in [4.78, 5) is 0. The molecule has 4 heteroatoms. The average molecular weight is 685 g/mol. The molecule has 4 aliphatic carbocycles. The van der Waals surface area contributed by atoms with Gasteiger partial charge in [0.1, 0.15) is 0 Å². The van der Waals surface area contributed by atoms with Crippen LogP contribution in [0.5, 0.6) is 0 Å². The first-order valence-corrected chi connectivity index (χ1v) is 18.6. The molecule has 4 aliphatic rings. The molecular weight excluding hydrogens is 633 g/mol. The summed E-state index contributed by atoms with van der Waals surface area (Å²) in [5.41, 5.74) is 11.6. The summed E-state index contributed by atoms with van der Waals surface area (Å²) in [5.74, 6) is 10.5. The van der Waals surface area contributed by atoms with Crippen molar-refractivity contribution < 1.29 is 0 Å². The topological polar surface area (TPSA) is 48.1 Å². The molecule has 0 aromatic heterocycles. The fraction of sp³-hybridized carbons (Fsp3) is 0.333. The summed E-state index contributed by atoms with van der Waals surface area (Å²) in [7, 11) is 0. The van der Waals surface area contributed by atoms with Gasteiger partial charge in [0.05, 0.1) is 26.2 Å². The molecule has 0 bridgehead atoms. The van der Waals surface area contributed by atoms with Crippen LogP contribution in [0.1, 0.15) is 94.4 Å². The van der Waals surface area contributed by atoms with E-state index in [9.17, 15) is 0 Å². The van der Waals surface area contributed by atoms with Crippen LogP contribution in [-0.4, -0.2) is 26.2 Å². The third-order valence-corrected chi connectivity index (χ3v) is 10.3. The molecule has 0 saturated carbocycles. The van der Waals surface area contributed by atoms with Crippen molar-refractivity contribution >= 4 is 0 Å². The van der Waals surface area contributed by atoms with E-state index in [1.807, 2.05) is 0 Å². The fourth-order valence-corrected chi connectivity index (χ4v) is 7.81. The Kier molecular flexibility index (Phi) is 15.2. The minimum absolute atomic E-state index is 0.479. The fourth-order valence-electron chi connectivity index (χ4n) is 7.81. The molecule has 4 aromatic carbocycles. The van der Waals surface area contributed by atoms with Crippen molar-refractivity contribution in [2.45, 2.75) is 75.5 Å². The molecule has 264 valence electrons. The maximum absolute atomic E-state index is 5.21. The first-order valence-electron chi connectivity index (χ1n) is 18.6. The predicted octanol–water partition coefficient (Wildman–Crippen LogP) is 7.59. The summed E-state index contributed by atoms with van der Waals surface area (Å²) in [6.07, 6.45) is 30.3. The number of aryl methyl sites for hydroxylation is 4. The number of hydrogen-bond donors (Lipinski definition) is 4. The lowest BCUT2D eigenvalue weighted by molar-refractivity contribution is 0.568. The van der Waals surface area contributed by atoms with Gasteiger partial charge in [-0.3, -0.25) is 21.3 Å². The molecule has 4 N–H and O–H groups in total. The third kappa shape index (κ3) is 10.5. The Balaban J connectivity index is 0.000000134. The average Bonchev–Trinajstić information content (AvgIpc) is 4.01. The SMILES string of the molecule is C#CCN[C@@H]1CCc2ccccc21.C#CCN[C@@H]1CCc2ccccc21.C#CCN[C@@H]1CCc2ccccc21.C#CCN[C@@H]1CCc2ccccc21. The molecule has 0 radical (unpaired) electrons. The summed E-state index contributed by atoms with van der Waals surface area (Å²) < 4.78 is 0. The number of terminal acetylenes is 4. The van der Waals surface area contributed by atoms with Crippen molar-refractivity contribution in [2.24, 2.45) is 0 Å². The molecule has 0 aliphatic heterocycles. The Morgan fingerprint density at radius 1 is 0.365 bits per heavy atom. The highest BCUT2D eigenvalue weighted by Gasteiger charge is 2.23. The highest BCUT2D eigenvalue weighted by molar-refractivity contribution is 5.37. The van der Waals surface area contributed by atoms with Gasteiger partial charge >= 0.3 is 0 Å².